The highest BCUT2D eigenvalue weighted by atomic mass is 79.9. The van der Waals surface area contributed by atoms with Crippen LogP contribution in [0.1, 0.15) is 18.2 Å². The second-order valence-electron chi connectivity index (χ2n) is 6.69. The van der Waals surface area contributed by atoms with Crippen molar-refractivity contribution in [2.24, 2.45) is 0 Å². The predicted octanol–water partition coefficient (Wildman–Crippen LogP) is 3.06. The molecule has 0 saturated heterocycles. The van der Waals surface area contributed by atoms with E-state index in [4.69, 9.17) is 4.74 Å². The third kappa shape index (κ3) is 3.82. The number of ether oxygens (including phenoxy) is 1. The molecular formula is C19H19BrN4O3S. The molecule has 1 aromatic heterocycles. The van der Waals surface area contributed by atoms with E-state index >= 15 is 0 Å². The Morgan fingerprint density at radius 2 is 1.96 bits per heavy atom. The lowest BCUT2D eigenvalue weighted by atomic mass is 10.2. The molecule has 4 rings (SSSR count). The number of sulfonamides is 1. The van der Waals surface area contributed by atoms with Crippen molar-refractivity contribution in [3.05, 3.63) is 70.5 Å². The van der Waals surface area contributed by atoms with Crippen LogP contribution in [-0.4, -0.2) is 40.4 Å². The summed E-state index contributed by atoms with van der Waals surface area (Å²) in [4.78, 5) is 0.164. The maximum absolute atomic E-state index is 13.2. The molecule has 7 nitrogen and oxygen atoms in total. The molecule has 146 valence electrons. The van der Waals surface area contributed by atoms with Gasteiger partial charge in [0.1, 0.15) is 17.3 Å². The van der Waals surface area contributed by atoms with Crippen LogP contribution in [0.2, 0.25) is 0 Å². The largest absolute Gasteiger partial charge is 0.490 e. The number of rotatable bonds is 4. The minimum absolute atomic E-state index is 0.136. The minimum Gasteiger partial charge on any atom is -0.490 e. The SMILES string of the molecule is C[C@H]1COc2cc(Br)ccc2S(=O)(=O)N1Cc1cn(Cc2ccccc2)nn1. The van der Waals surface area contributed by atoms with Crippen LogP contribution in [0.3, 0.4) is 0 Å². The summed E-state index contributed by atoms with van der Waals surface area (Å²) in [5.74, 6) is 0.358. The van der Waals surface area contributed by atoms with Gasteiger partial charge in [-0.05, 0) is 30.7 Å². The molecule has 2 aromatic carbocycles. The van der Waals surface area contributed by atoms with E-state index in [-0.39, 0.29) is 24.1 Å². The second-order valence-corrected chi connectivity index (χ2v) is 9.47. The first-order valence-corrected chi connectivity index (χ1v) is 11.0. The summed E-state index contributed by atoms with van der Waals surface area (Å²) in [5.41, 5.74) is 1.69. The average molecular weight is 463 g/mol. The Morgan fingerprint density at radius 3 is 2.75 bits per heavy atom. The average Bonchev–Trinajstić information content (AvgIpc) is 3.08. The van der Waals surface area contributed by atoms with E-state index < -0.39 is 10.0 Å². The predicted molar refractivity (Wildman–Crippen MR) is 107 cm³/mol. The molecule has 0 spiro atoms. The van der Waals surface area contributed by atoms with Crippen molar-refractivity contribution in [1.29, 1.82) is 0 Å². The fourth-order valence-corrected chi connectivity index (χ4v) is 5.17. The highest BCUT2D eigenvalue weighted by Crippen LogP contribution is 2.34. The van der Waals surface area contributed by atoms with Gasteiger partial charge in [0.2, 0.25) is 10.0 Å². The molecule has 0 bridgehead atoms. The highest BCUT2D eigenvalue weighted by molar-refractivity contribution is 9.10. The molecule has 9 heteroatoms. The van der Waals surface area contributed by atoms with Crippen molar-refractivity contribution in [2.45, 2.75) is 31.0 Å². The first-order chi connectivity index (χ1) is 13.4. The molecular weight excluding hydrogens is 444 g/mol. The Kier molecular flexibility index (Phi) is 5.22. The molecule has 0 aliphatic carbocycles. The van der Waals surface area contributed by atoms with Crippen LogP contribution < -0.4 is 4.74 Å². The van der Waals surface area contributed by atoms with Gasteiger partial charge in [-0.15, -0.1) is 5.10 Å². The molecule has 0 amide bonds. The summed E-state index contributed by atoms with van der Waals surface area (Å²) < 4.78 is 36.1. The molecule has 3 aromatic rings. The number of nitrogens with zero attached hydrogens (tertiary/aromatic N) is 4. The molecule has 1 atom stereocenters. The van der Waals surface area contributed by atoms with Crippen molar-refractivity contribution in [3.8, 4) is 5.75 Å². The van der Waals surface area contributed by atoms with Gasteiger partial charge in [0, 0.05) is 4.47 Å². The molecule has 0 N–H and O–H groups in total. The van der Waals surface area contributed by atoms with E-state index in [2.05, 4.69) is 26.2 Å². The molecule has 0 unspecified atom stereocenters. The van der Waals surface area contributed by atoms with E-state index in [9.17, 15) is 8.42 Å². The molecule has 28 heavy (non-hydrogen) atoms. The number of fused-ring (bicyclic) bond motifs is 1. The number of aromatic nitrogens is 3. The van der Waals surface area contributed by atoms with E-state index in [1.54, 1.807) is 29.1 Å². The van der Waals surface area contributed by atoms with Gasteiger partial charge in [-0.1, -0.05) is 51.5 Å². The maximum Gasteiger partial charge on any atom is 0.247 e. The second kappa shape index (κ2) is 7.65. The third-order valence-corrected chi connectivity index (χ3v) is 7.05. The standard InChI is InChI=1S/C19H19BrN4O3S/c1-14-13-27-18-9-16(20)7-8-19(18)28(25,26)24(14)12-17-11-23(22-21-17)10-15-5-3-2-4-6-15/h2-9,11,14H,10,12-13H2,1H3/t14-/m0/s1. The number of hydrogen-bond acceptors (Lipinski definition) is 5. The summed E-state index contributed by atoms with van der Waals surface area (Å²) in [7, 11) is -3.72. The summed E-state index contributed by atoms with van der Waals surface area (Å²) in [5, 5.41) is 8.30. The normalized spacial score (nSPS) is 18.9. The Morgan fingerprint density at radius 1 is 1.18 bits per heavy atom. The first kappa shape index (κ1) is 19.1. The lowest BCUT2D eigenvalue weighted by Crippen LogP contribution is -2.39. The summed E-state index contributed by atoms with van der Waals surface area (Å²) >= 11 is 3.36. The van der Waals surface area contributed by atoms with Crippen molar-refractivity contribution in [1.82, 2.24) is 19.3 Å². The van der Waals surface area contributed by atoms with E-state index in [1.165, 1.54) is 4.31 Å². The van der Waals surface area contributed by atoms with Crippen molar-refractivity contribution < 1.29 is 13.2 Å². The Balaban J connectivity index is 1.59. The summed E-state index contributed by atoms with van der Waals surface area (Å²) in [6.45, 7) is 2.81. The van der Waals surface area contributed by atoms with Crippen molar-refractivity contribution in [2.75, 3.05) is 6.61 Å². The molecule has 0 fully saturated rings. The smallest absolute Gasteiger partial charge is 0.247 e. The zero-order valence-corrected chi connectivity index (χ0v) is 17.6. The minimum atomic E-state index is -3.72. The molecule has 0 saturated carbocycles. The van der Waals surface area contributed by atoms with Gasteiger partial charge in [0.05, 0.1) is 31.0 Å². The van der Waals surface area contributed by atoms with Crippen LogP contribution in [-0.2, 0) is 23.1 Å². The third-order valence-electron chi connectivity index (χ3n) is 4.56. The van der Waals surface area contributed by atoms with Gasteiger partial charge in [0.15, 0.2) is 0 Å². The highest BCUT2D eigenvalue weighted by Gasteiger charge is 2.35. The number of halogens is 1. The Bertz CT molecular complexity index is 1090. The van der Waals surface area contributed by atoms with Gasteiger partial charge in [-0.25, -0.2) is 13.1 Å². The van der Waals surface area contributed by atoms with Gasteiger partial charge < -0.3 is 4.74 Å². The van der Waals surface area contributed by atoms with Crippen LogP contribution in [0.4, 0.5) is 0 Å². The zero-order valence-electron chi connectivity index (χ0n) is 15.2. The van der Waals surface area contributed by atoms with Crippen LogP contribution in [0.25, 0.3) is 0 Å². The van der Waals surface area contributed by atoms with Crippen LogP contribution in [0.5, 0.6) is 5.75 Å². The van der Waals surface area contributed by atoms with E-state index in [0.29, 0.717) is 18.0 Å². The molecule has 1 aliphatic rings. The zero-order chi connectivity index (χ0) is 19.7. The van der Waals surface area contributed by atoms with E-state index in [0.717, 1.165) is 10.0 Å². The summed E-state index contributed by atoms with van der Waals surface area (Å²) in [6.07, 6.45) is 1.78. The monoisotopic (exact) mass is 462 g/mol. The maximum atomic E-state index is 13.2. The van der Waals surface area contributed by atoms with Crippen LogP contribution >= 0.6 is 15.9 Å². The lowest BCUT2D eigenvalue weighted by molar-refractivity contribution is 0.219. The van der Waals surface area contributed by atoms with Gasteiger partial charge in [0.25, 0.3) is 0 Å². The lowest BCUT2D eigenvalue weighted by Gasteiger charge is -2.24. The Labute approximate surface area is 172 Å². The van der Waals surface area contributed by atoms with E-state index in [1.807, 2.05) is 37.3 Å². The van der Waals surface area contributed by atoms with Crippen LogP contribution in [0.15, 0.2) is 64.1 Å². The molecule has 2 heterocycles. The fraction of sp³-hybridized carbons (Fsp3) is 0.263. The Hall–Kier alpha value is -2.23. The van der Waals surface area contributed by atoms with Crippen LogP contribution in [0, 0.1) is 0 Å². The first-order valence-electron chi connectivity index (χ1n) is 8.80. The van der Waals surface area contributed by atoms with Crippen molar-refractivity contribution >= 4 is 26.0 Å². The number of benzene rings is 2. The van der Waals surface area contributed by atoms with Gasteiger partial charge in [-0.2, -0.15) is 4.31 Å². The fourth-order valence-electron chi connectivity index (χ4n) is 3.12. The summed E-state index contributed by atoms with van der Waals surface area (Å²) in [6, 6.07) is 14.5. The molecule has 0 radical (unpaired) electrons. The van der Waals surface area contributed by atoms with Crippen molar-refractivity contribution in [3.63, 3.8) is 0 Å². The van der Waals surface area contributed by atoms with Gasteiger partial charge in [-0.3, -0.25) is 0 Å². The topological polar surface area (TPSA) is 77.3 Å². The van der Waals surface area contributed by atoms with Gasteiger partial charge >= 0.3 is 0 Å². The number of hydrogen-bond donors (Lipinski definition) is 0. The quantitative estimate of drug-likeness (QED) is 0.595. The molecule has 1 aliphatic heterocycles.